The Morgan fingerprint density at radius 1 is 0.661 bits per heavy atom. The van der Waals surface area contributed by atoms with Crippen LogP contribution in [0.2, 0.25) is 10.0 Å². The number of benzene rings is 2. The molecule has 0 bridgehead atoms. The third kappa shape index (κ3) is 8.64. The Hall–Kier alpha value is -5.44. The number of aliphatic hydroxyl groups is 2. The Morgan fingerprint density at radius 2 is 1.03 bits per heavy atom. The molecule has 4 aliphatic heterocycles. The maximum absolute atomic E-state index is 14.1. The molecule has 332 valence electrons. The molecule has 0 saturated carbocycles. The third-order valence-corrected chi connectivity index (χ3v) is 12.1. The van der Waals surface area contributed by atoms with Crippen molar-refractivity contribution in [1.82, 2.24) is 39.2 Å². The molecule has 0 spiro atoms. The highest BCUT2D eigenvalue weighted by Crippen LogP contribution is 2.32. The van der Waals surface area contributed by atoms with Crippen LogP contribution in [0, 0.1) is 35.1 Å². The number of rotatable bonds is 4. The van der Waals surface area contributed by atoms with Crippen LogP contribution in [-0.2, 0) is 39.0 Å². The van der Waals surface area contributed by atoms with Gasteiger partial charge in [0, 0.05) is 114 Å². The van der Waals surface area contributed by atoms with Crippen LogP contribution in [0.4, 0.5) is 38.5 Å². The molecule has 0 saturated heterocycles. The Balaban J connectivity index is 0.000000186. The number of carbonyl (C=O) groups is 4. The van der Waals surface area contributed by atoms with Crippen molar-refractivity contribution in [2.45, 2.75) is 65.0 Å². The Labute approximate surface area is 362 Å². The predicted octanol–water partition coefficient (Wildman–Crippen LogP) is 4.98. The summed E-state index contributed by atoms with van der Waals surface area (Å²) in [6, 6.07) is 1.52. The van der Waals surface area contributed by atoms with Crippen molar-refractivity contribution in [3.8, 4) is 0 Å². The minimum absolute atomic E-state index is 0.0711. The molecular weight excluding hydrogens is 863 g/mol. The monoisotopic (exact) mass is 906 g/mol. The minimum Gasteiger partial charge on any atom is -0.396 e. The molecule has 6 amide bonds. The van der Waals surface area contributed by atoms with Crippen LogP contribution in [0.3, 0.4) is 0 Å². The zero-order valence-corrected chi connectivity index (χ0v) is 35.6. The highest BCUT2D eigenvalue weighted by Gasteiger charge is 2.39. The Bertz CT molecular complexity index is 2290. The lowest BCUT2D eigenvalue weighted by molar-refractivity contribution is 0.0754. The molecule has 4 atom stereocenters. The van der Waals surface area contributed by atoms with Gasteiger partial charge in [-0.1, -0.05) is 23.2 Å². The van der Waals surface area contributed by atoms with Gasteiger partial charge in [-0.15, -0.1) is 0 Å². The van der Waals surface area contributed by atoms with Crippen LogP contribution in [0.1, 0.15) is 57.3 Å². The zero-order chi connectivity index (χ0) is 44.9. The standard InChI is InChI=1S/2C20H22ClF2N5O3/c2*1-10-3-16-12(18-19(30)26(2)6-11(9-29)7-28(18)25-16)8-27(10)20(31)24-17-4-13(21)14(22)5-15(17)23/h2*4-5,10-11,29H,3,6-9H2,1-2H3,(H,24,31)/t10-,11+;10-,11-/m11/s1. The van der Waals surface area contributed by atoms with Gasteiger partial charge in [-0.05, 0) is 26.0 Å². The van der Waals surface area contributed by atoms with Crippen molar-refractivity contribution in [3.05, 3.63) is 91.5 Å². The molecule has 0 fully saturated rings. The van der Waals surface area contributed by atoms with E-state index in [1.165, 1.54) is 9.80 Å². The van der Waals surface area contributed by atoms with Gasteiger partial charge in [-0.3, -0.25) is 19.0 Å². The van der Waals surface area contributed by atoms with Gasteiger partial charge in [-0.25, -0.2) is 27.2 Å². The predicted molar refractivity (Wildman–Crippen MR) is 218 cm³/mol. The first-order valence-corrected chi connectivity index (χ1v) is 20.5. The number of aliphatic hydroxyl groups excluding tert-OH is 2. The van der Waals surface area contributed by atoms with Gasteiger partial charge in [0.1, 0.15) is 34.7 Å². The summed E-state index contributed by atoms with van der Waals surface area (Å²) < 4.78 is 58.2. The molecule has 62 heavy (non-hydrogen) atoms. The molecule has 4 N–H and O–H groups in total. The van der Waals surface area contributed by atoms with Crippen LogP contribution < -0.4 is 10.6 Å². The Kier molecular flexibility index (Phi) is 12.8. The quantitative estimate of drug-likeness (QED) is 0.164. The van der Waals surface area contributed by atoms with E-state index in [0.29, 0.717) is 73.7 Å². The highest BCUT2D eigenvalue weighted by molar-refractivity contribution is 6.31. The third-order valence-electron chi connectivity index (χ3n) is 11.5. The highest BCUT2D eigenvalue weighted by atomic mass is 35.5. The van der Waals surface area contributed by atoms with Crippen molar-refractivity contribution in [2.75, 3.05) is 51.0 Å². The van der Waals surface area contributed by atoms with Crippen molar-refractivity contribution >= 4 is 58.5 Å². The van der Waals surface area contributed by atoms with Gasteiger partial charge < -0.3 is 40.4 Å². The van der Waals surface area contributed by atoms with E-state index in [1.807, 2.05) is 13.8 Å². The van der Waals surface area contributed by atoms with E-state index in [9.17, 15) is 47.0 Å². The summed E-state index contributed by atoms with van der Waals surface area (Å²) in [4.78, 5) is 57.7. The van der Waals surface area contributed by atoms with Gasteiger partial charge in [0.05, 0.1) is 45.9 Å². The summed E-state index contributed by atoms with van der Waals surface area (Å²) in [6.45, 7) is 5.32. The van der Waals surface area contributed by atoms with E-state index in [-0.39, 0.29) is 83.5 Å². The van der Waals surface area contributed by atoms with E-state index >= 15 is 0 Å². The first-order valence-electron chi connectivity index (χ1n) is 19.7. The average molecular weight is 908 g/mol. The molecule has 2 aromatic carbocycles. The van der Waals surface area contributed by atoms with Crippen LogP contribution in [-0.4, -0.2) is 126 Å². The number of aromatic nitrogens is 4. The lowest BCUT2D eigenvalue weighted by Crippen LogP contribution is -2.45. The minimum atomic E-state index is -0.938. The fraction of sp³-hybridized carbons (Fsp3) is 0.450. The van der Waals surface area contributed by atoms with E-state index in [0.717, 1.165) is 23.5 Å². The second-order valence-electron chi connectivity index (χ2n) is 16.1. The topological polar surface area (TPSA) is 181 Å². The largest absolute Gasteiger partial charge is 0.396 e. The van der Waals surface area contributed by atoms with Crippen molar-refractivity contribution < 1.29 is 47.0 Å². The van der Waals surface area contributed by atoms with Crippen molar-refractivity contribution in [1.29, 1.82) is 0 Å². The maximum atomic E-state index is 14.1. The molecule has 8 rings (SSSR count). The fourth-order valence-electron chi connectivity index (χ4n) is 8.23. The van der Waals surface area contributed by atoms with Crippen LogP contribution in [0.15, 0.2) is 24.3 Å². The molecule has 2 aromatic heterocycles. The normalized spacial score (nSPS) is 20.9. The molecule has 0 aliphatic carbocycles. The summed E-state index contributed by atoms with van der Waals surface area (Å²) in [6.07, 6.45) is 0.826. The number of hydrogen-bond donors (Lipinski definition) is 4. The number of nitrogens with one attached hydrogen (secondary N) is 2. The smallest absolute Gasteiger partial charge is 0.322 e. The molecule has 4 aliphatic rings. The lowest BCUT2D eigenvalue weighted by Gasteiger charge is -2.33. The van der Waals surface area contributed by atoms with Crippen molar-refractivity contribution in [2.24, 2.45) is 11.8 Å². The van der Waals surface area contributed by atoms with Gasteiger partial charge in [-0.2, -0.15) is 10.2 Å². The second-order valence-corrected chi connectivity index (χ2v) is 16.9. The second kappa shape index (κ2) is 17.7. The van der Waals surface area contributed by atoms with Gasteiger partial charge in [0.25, 0.3) is 11.8 Å². The van der Waals surface area contributed by atoms with E-state index < -0.39 is 35.3 Å². The fourth-order valence-corrected chi connectivity index (χ4v) is 8.55. The first-order chi connectivity index (χ1) is 29.4. The van der Waals surface area contributed by atoms with E-state index in [2.05, 4.69) is 20.8 Å². The number of urea groups is 2. The van der Waals surface area contributed by atoms with Crippen LogP contribution in [0.25, 0.3) is 0 Å². The molecular formula is C40H44Cl2F4N10O6. The number of anilines is 2. The molecule has 0 radical (unpaired) electrons. The molecule has 4 aromatic rings. The van der Waals surface area contributed by atoms with E-state index in [1.54, 1.807) is 33.3 Å². The van der Waals surface area contributed by atoms with Crippen molar-refractivity contribution in [3.63, 3.8) is 0 Å². The first kappa shape index (κ1) is 44.6. The van der Waals surface area contributed by atoms with Crippen LogP contribution >= 0.6 is 23.2 Å². The Morgan fingerprint density at radius 3 is 1.39 bits per heavy atom. The molecule has 22 heteroatoms. The number of hydrogen-bond acceptors (Lipinski definition) is 8. The number of carbonyl (C=O) groups excluding carboxylic acids is 4. The van der Waals surface area contributed by atoms with Gasteiger partial charge >= 0.3 is 12.1 Å². The summed E-state index contributed by atoms with van der Waals surface area (Å²) >= 11 is 11.4. The molecule has 0 unspecified atom stereocenters. The number of halogens is 6. The zero-order valence-electron chi connectivity index (χ0n) is 34.1. The average Bonchev–Trinajstić information content (AvgIpc) is 3.67. The van der Waals surface area contributed by atoms with E-state index in [4.69, 9.17) is 23.2 Å². The maximum Gasteiger partial charge on any atom is 0.322 e. The lowest BCUT2D eigenvalue weighted by atomic mass is 9.99. The molecule has 6 heterocycles. The number of nitrogens with zero attached hydrogens (tertiary/aromatic N) is 8. The summed E-state index contributed by atoms with van der Waals surface area (Å²) in [7, 11) is 3.33. The van der Waals surface area contributed by atoms with Crippen LogP contribution in [0.5, 0.6) is 0 Å². The van der Waals surface area contributed by atoms with Gasteiger partial charge in [0.2, 0.25) is 0 Å². The summed E-state index contributed by atoms with van der Waals surface area (Å²) in [5.74, 6) is -4.44. The summed E-state index contributed by atoms with van der Waals surface area (Å²) in [5.41, 5.74) is 3.06. The summed E-state index contributed by atoms with van der Waals surface area (Å²) in [5, 5.41) is 32.6. The number of fused-ring (bicyclic) bond motifs is 6. The number of amides is 6. The SMILES string of the molecule is C[C@@H]1Cc2nn3c(c2CN1C(=O)Nc1cc(Cl)c(F)cc1F)C(=O)N(C)C[C@@H](CO)C3.C[C@@H]1Cc2nn3c(c2CN1C(=O)Nc1cc(Cl)c(F)cc1F)C(=O)N(C)C[C@H](CO)C3. The van der Waals surface area contributed by atoms with Gasteiger partial charge in [0.15, 0.2) is 0 Å². The molecule has 16 nitrogen and oxygen atoms in total.